The molecule has 0 aliphatic rings. The zero-order valence-electron chi connectivity index (χ0n) is 11.4. The lowest BCUT2D eigenvalue weighted by Crippen LogP contribution is -2.22. The minimum Gasteiger partial charge on any atom is -0.290 e. The van der Waals surface area contributed by atoms with Gasteiger partial charge >= 0.3 is 0 Å². The van der Waals surface area contributed by atoms with Crippen LogP contribution < -0.4 is 5.56 Å². The van der Waals surface area contributed by atoms with E-state index in [1.165, 1.54) is 17.7 Å². The summed E-state index contributed by atoms with van der Waals surface area (Å²) < 4.78 is 4.12. The number of hydrogen-bond acceptors (Lipinski definition) is 5. The quantitative estimate of drug-likeness (QED) is 0.735. The standard InChI is InChI=1S/C13H15N5OS/c1-3-4-18-10(14-7-16-18)5-17-8-15-11-9(2)6-20-12(11)13(17)19/h6-8H,3-5H2,1-2H3. The largest absolute Gasteiger partial charge is 0.290 e. The van der Waals surface area contributed by atoms with Gasteiger partial charge in [0.2, 0.25) is 0 Å². The normalized spacial score (nSPS) is 11.3. The summed E-state index contributed by atoms with van der Waals surface area (Å²) in [5.41, 5.74) is 1.83. The molecule has 104 valence electrons. The van der Waals surface area contributed by atoms with E-state index in [1.807, 2.05) is 17.0 Å². The Labute approximate surface area is 119 Å². The molecule has 0 atom stereocenters. The molecule has 20 heavy (non-hydrogen) atoms. The van der Waals surface area contributed by atoms with E-state index in [9.17, 15) is 4.79 Å². The van der Waals surface area contributed by atoms with Crippen molar-refractivity contribution in [3.8, 4) is 0 Å². The third-order valence-electron chi connectivity index (χ3n) is 3.17. The number of thiophene rings is 1. The lowest BCUT2D eigenvalue weighted by Gasteiger charge is -2.06. The maximum atomic E-state index is 12.4. The highest BCUT2D eigenvalue weighted by atomic mass is 32.1. The molecule has 0 aromatic carbocycles. The van der Waals surface area contributed by atoms with Crippen LogP contribution in [0.15, 0.2) is 22.8 Å². The molecule has 0 aliphatic heterocycles. The van der Waals surface area contributed by atoms with E-state index in [2.05, 4.69) is 22.0 Å². The summed E-state index contributed by atoms with van der Waals surface area (Å²) >= 11 is 1.44. The molecule has 0 saturated carbocycles. The van der Waals surface area contributed by atoms with Crippen LogP contribution in [0, 0.1) is 6.92 Å². The molecule has 7 heteroatoms. The van der Waals surface area contributed by atoms with E-state index in [4.69, 9.17) is 0 Å². The second kappa shape index (κ2) is 5.16. The van der Waals surface area contributed by atoms with Gasteiger partial charge in [0.05, 0.1) is 18.4 Å². The van der Waals surface area contributed by atoms with Gasteiger partial charge in [0.25, 0.3) is 5.56 Å². The number of hydrogen-bond donors (Lipinski definition) is 0. The Morgan fingerprint density at radius 2 is 2.20 bits per heavy atom. The van der Waals surface area contributed by atoms with Gasteiger partial charge in [0, 0.05) is 6.54 Å². The zero-order chi connectivity index (χ0) is 14.1. The lowest BCUT2D eigenvalue weighted by atomic mass is 10.3. The second-order valence-electron chi connectivity index (χ2n) is 4.67. The molecule has 0 saturated heterocycles. The van der Waals surface area contributed by atoms with Gasteiger partial charge in [0.1, 0.15) is 16.9 Å². The first-order valence-corrected chi connectivity index (χ1v) is 7.38. The van der Waals surface area contributed by atoms with Crippen molar-refractivity contribution in [2.45, 2.75) is 33.4 Å². The van der Waals surface area contributed by atoms with Crippen LogP contribution in [-0.4, -0.2) is 24.3 Å². The fourth-order valence-electron chi connectivity index (χ4n) is 2.13. The van der Waals surface area contributed by atoms with Crippen LogP contribution in [0.2, 0.25) is 0 Å². The molecule has 0 bridgehead atoms. The summed E-state index contributed by atoms with van der Waals surface area (Å²) in [6.45, 7) is 5.25. The molecule has 0 radical (unpaired) electrons. The van der Waals surface area contributed by atoms with E-state index in [1.54, 1.807) is 10.9 Å². The molecule has 0 amide bonds. The molecule has 0 fully saturated rings. The molecule has 0 spiro atoms. The van der Waals surface area contributed by atoms with Crippen molar-refractivity contribution in [1.82, 2.24) is 24.3 Å². The van der Waals surface area contributed by atoms with Crippen molar-refractivity contribution in [1.29, 1.82) is 0 Å². The summed E-state index contributed by atoms with van der Waals surface area (Å²) in [5.74, 6) is 0.781. The smallest absolute Gasteiger partial charge is 0.271 e. The van der Waals surface area contributed by atoms with E-state index in [0.29, 0.717) is 11.2 Å². The number of nitrogens with zero attached hydrogens (tertiary/aromatic N) is 5. The van der Waals surface area contributed by atoms with Gasteiger partial charge in [-0.05, 0) is 24.3 Å². The summed E-state index contributed by atoms with van der Waals surface area (Å²) in [4.78, 5) is 21.0. The highest BCUT2D eigenvalue weighted by Crippen LogP contribution is 2.19. The second-order valence-corrected chi connectivity index (χ2v) is 5.55. The molecular weight excluding hydrogens is 274 g/mol. The topological polar surface area (TPSA) is 65.6 Å². The third-order valence-corrected chi connectivity index (χ3v) is 4.24. The van der Waals surface area contributed by atoms with Gasteiger partial charge in [-0.25, -0.2) is 14.6 Å². The average Bonchev–Trinajstić information content (AvgIpc) is 3.02. The minimum atomic E-state index is -0.0147. The van der Waals surface area contributed by atoms with Crippen LogP contribution in [0.3, 0.4) is 0 Å². The molecule has 6 nitrogen and oxygen atoms in total. The summed E-state index contributed by atoms with van der Waals surface area (Å²) in [6.07, 6.45) is 4.10. The average molecular weight is 289 g/mol. The molecule has 0 unspecified atom stereocenters. The van der Waals surface area contributed by atoms with Crippen molar-refractivity contribution in [3.63, 3.8) is 0 Å². The highest BCUT2D eigenvalue weighted by molar-refractivity contribution is 7.17. The molecular formula is C13H15N5OS. The Kier molecular flexibility index (Phi) is 3.35. The maximum absolute atomic E-state index is 12.4. The number of aromatic nitrogens is 5. The summed E-state index contributed by atoms with van der Waals surface area (Å²) in [6, 6.07) is 0. The van der Waals surface area contributed by atoms with Crippen LogP contribution in [0.25, 0.3) is 10.2 Å². The predicted molar refractivity (Wildman–Crippen MR) is 78.0 cm³/mol. The monoisotopic (exact) mass is 289 g/mol. The number of aryl methyl sites for hydroxylation is 2. The van der Waals surface area contributed by atoms with Gasteiger partial charge < -0.3 is 0 Å². The van der Waals surface area contributed by atoms with Crippen LogP contribution in [0.4, 0.5) is 0 Å². The molecule has 0 aliphatic carbocycles. The third kappa shape index (κ3) is 2.14. The van der Waals surface area contributed by atoms with Gasteiger partial charge in [0.15, 0.2) is 0 Å². The first kappa shape index (κ1) is 13.0. The van der Waals surface area contributed by atoms with E-state index in [0.717, 1.165) is 29.9 Å². The zero-order valence-corrected chi connectivity index (χ0v) is 12.2. The van der Waals surface area contributed by atoms with Crippen molar-refractivity contribution in [2.75, 3.05) is 0 Å². The van der Waals surface area contributed by atoms with Crippen molar-refractivity contribution >= 4 is 21.6 Å². The van der Waals surface area contributed by atoms with Crippen LogP contribution in [-0.2, 0) is 13.1 Å². The van der Waals surface area contributed by atoms with Gasteiger partial charge in [-0.1, -0.05) is 6.92 Å². The van der Waals surface area contributed by atoms with E-state index in [-0.39, 0.29) is 5.56 Å². The van der Waals surface area contributed by atoms with Crippen LogP contribution in [0.1, 0.15) is 24.7 Å². The molecule has 3 aromatic heterocycles. The highest BCUT2D eigenvalue weighted by Gasteiger charge is 2.11. The van der Waals surface area contributed by atoms with Crippen LogP contribution >= 0.6 is 11.3 Å². The number of fused-ring (bicyclic) bond motifs is 1. The van der Waals surface area contributed by atoms with Crippen molar-refractivity contribution in [3.05, 3.63) is 39.8 Å². The first-order chi connectivity index (χ1) is 9.70. The van der Waals surface area contributed by atoms with Gasteiger partial charge in [-0.2, -0.15) is 5.10 Å². The fraction of sp³-hybridized carbons (Fsp3) is 0.385. The van der Waals surface area contributed by atoms with Crippen molar-refractivity contribution in [2.24, 2.45) is 0 Å². The fourth-order valence-corrected chi connectivity index (χ4v) is 3.08. The Bertz CT molecular complexity index is 801. The van der Waals surface area contributed by atoms with Gasteiger partial charge in [-0.15, -0.1) is 11.3 Å². The maximum Gasteiger partial charge on any atom is 0.271 e. The minimum absolute atomic E-state index is 0.0147. The molecule has 3 rings (SSSR count). The predicted octanol–water partition coefficient (Wildman–Crippen LogP) is 1.82. The Morgan fingerprint density at radius 3 is 3.00 bits per heavy atom. The van der Waals surface area contributed by atoms with E-state index >= 15 is 0 Å². The molecule has 3 heterocycles. The Morgan fingerprint density at radius 1 is 1.35 bits per heavy atom. The molecule has 3 aromatic rings. The Balaban J connectivity index is 2.00. The first-order valence-electron chi connectivity index (χ1n) is 6.50. The van der Waals surface area contributed by atoms with Crippen LogP contribution in [0.5, 0.6) is 0 Å². The summed E-state index contributed by atoms with van der Waals surface area (Å²) in [5, 5.41) is 6.13. The number of rotatable bonds is 4. The SMILES string of the molecule is CCCn1ncnc1Cn1cnc2c(C)csc2c1=O. The Hall–Kier alpha value is -2.02. The van der Waals surface area contributed by atoms with Crippen molar-refractivity contribution < 1.29 is 0 Å². The molecule has 0 N–H and O–H groups in total. The van der Waals surface area contributed by atoms with E-state index < -0.39 is 0 Å². The lowest BCUT2D eigenvalue weighted by molar-refractivity contribution is 0.549. The summed E-state index contributed by atoms with van der Waals surface area (Å²) in [7, 11) is 0. The van der Waals surface area contributed by atoms with Gasteiger partial charge in [-0.3, -0.25) is 9.36 Å².